The van der Waals surface area contributed by atoms with Gasteiger partial charge in [0.05, 0.1) is 13.1 Å². The summed E-state index contributed by atoms with van der Waals surface area (Å²) in [7, 11) is 1.46. The smallest absolute Gasteiger partial charge is 0.357 e. The van der Waals surface area contributed by atoms with E-state index in [0.717, 1.165) is 24.2 Å². The number of carbonyl (C=O) groups is 1. The molecular formula is C20H31F3IN5O. The third-order valence-corrected chi connectivity index (χ3v) is 4.54. The van der Waals surface area contributed by atoms with Gasteiger partial charge in [0.25, 0.3) is 0 Å². The van der Waals surface area contributed by atoms with E-state index < -0.39 is 12.7 Å². The highest BCUT2D eigenvalue weighted by Crippen LogP contribution is 2.21. The molecule has 0 saturated carbocycles. The molecule has 1 aliphatic heterocycles. The van der Waals surface area contributed by atoms with Crippen molar-refractivity contribution in [3.63, 3.8) is 0 Å². The van der Waals surface area contributed by atoms with Gasteiger partial charge < -0.3 is 15.5 Å². The van der Waals surface area contributed by atoms with E-state index in [2.05, 4.69) is 15.6 Å². The molecule has 170 valence electrons. The van der Waals surface area contributed by atoms with Crippen molar-refractivity contribution in [1.29, 1.82) is 0 Å². The maximum Gasteiger partial charge on any atom is 0.401 e. The molecule has 2 rings (SSSR count). The van der Waals surface area contributed by atoms with E-state index >= 15 is 0 Å². The van der Waals surface area contributed by atoms with Crippen LogP contribution in [0.25, 0.3) is 0 Å². The first-order valence-electron chi connectivity index (χ1n) is 9.95. The number of benzene rings is 1. The summed E-state index contributed by atoms with van der Waals surface area (Å²) in [4.78, 5) is 19.4. The highest BCUT2D eigenvalue weighted by Gasteiger charge is 2.28. The van der Waals surface area contributed by atoms with Crippen molar-refractivity contribution in [2.75, 3.05) is 44.7 Å². The number of hydrogen-bond acceptors (Lipinski definition) is 3. The first-order valence-corrected chi connectivity index (χ1v) is 9.95. The fourth-order valence-electron chi connectivity index (χ4n) is 3.16. The zero-order valence-corrected chi connectivity index (χ0v) is 19.8. The van der Waals surface area contributed by atoms with Crippen LogP contribution in [-0.2, 0) is 11.3 Å². The molecule has 10 heteroatoms. The van der Waals surface area contributed by atoms with E-state index in [9.17, 15) is 18.0 Å². The monoisotopic (exact) mass is 541 g/mol. The van der Waals surface area contributed by atoms with E-state index in [1.54, 1.807) is 4.90 Å². The molecule has 1 amide bonds. The molecule has 1 aliphatic rings. The van der Waals surface area contributed by atoms with Crippen LogP contribution in [0, 0.1) is 0 Å². The number of alkyl halides is 3. The van der Waals surface area contributed by atoms with Crippen molar-refractivity contribution in [1.82, 2.24) is 15.5 Å². The second-order valence-corrected chi connectivity index (χ2v) is 7.14. The Hall–Kier alpha value is -1.56. The van der Waals surface area contributed by atoms with Crippen LogP contribution in [0.1, 0.15) is 31.7 Å². The fourth-order valence-corrected chi connectivity index (χ4v) is 3.16. The molecule has 0 aromatic heterocycles. The molecule has 1 heterocycles. The van der Waals surface area contributed by atoms with Crippen LogP contribution in [0.5, 0.6) is 0 Å². The number of halogens is 4. The summed E-state index contributed by atoms with van der Waals surface area (Å²) in [5.41, 5.74) is 1.93. The van der Waals surface area contributed by atoms with Crippen LogP contribution >= 0.6 is 24.0 Å². The van der Waals surface area contributed by atoms with Gasteiger partial charge in [-0.25, -0.2) is 4.99 Å². The number of guanidine groups is 1. The Morgan fingerprint density at radius 3 is 2.50 bits per heavy atom. The Bertz CT molecular complexity index is 682. The van der Waals surface area contributed by atoms with Crippen LogP contribution in [0.4, 0.5) is 18.9 Å². The summed E-state index contributed by atoms with van der Waals surface area (Å²) in [6.07, 6.45) is -2.09. The Kier molecular flexibility index (Phi) is 11.5. The predicted octanol–water partition coefficient (Wildman–Crippen LogP) is 3.37. The van der Waals surface area contributed by atoms with Crippen LogP contribution in [-0.4, -0.2) is 62.7 Å². The second kappa shape index (κ2) is 13.0. The first kappa shape index (κ1) is 26.5. The highest BCUT2D eigenvalue weighted by molar-refractivity contribution is 14.0. The molecule has 0 spiro atoms. The quantitative estimate of drug-likeness (QED) is 0.218. The van der Waals surface area contributed by atoms with Gasteiger partial charge in [-0.3, -0.25) is 9.69 Å². The van der Waals surface area contributed by atoms with Gasteiger partial charge in [0.1, 0.15) is 0 Å². The topological polar surface area (TPSA) is 60.0 Å². The molecule has 2 N–H and O–H groups in total. The van der Waals surface area contributed by atoms with E-state index in [1.165, 1.54) is 11.9 Å². The van der Waals surface area contributed by atoms with Gasteiger partial charge in [-0.2, -0.15) is 13.2 Å². The van der Waals surface area contributed by atoms with E-state index in [4.69, 9.17) is 0 Å². The van der Waals surface area contributed by atoms with Gasteiger partial charge in [0, 0.05) is 31.7 Å². The van der Waals surface area contributed by atoms with Gasteiger partial charge in [-0.15, -0.1) is 24.0 Å². The number of aliphatic imine (C=N–C) groups is 1. The van der Waals surface area contributed by atoms with Gasteiger partial charge in [0.2, 0.25) is 5.91 Å². The maximum absolute atomic E-state index is 12.3. The normalized spacial score (nSPS) is 14.8. The SMILES string of the molecule is CCNC(=NCc1ccc(N2CCCC2=O)cc1)NCCCN(C)CC(F)(F)F.I. The van der Waals surface area contributed by atoms with Crippen LogP contribution < -0.4 is 15.5 Å². The summed E-state index contributed by atoms with van der Waals surface area (Å²) in [6.45, 7) is 3.86. The first-order chi connectivity index (χ1) is 13.8. The molecule has 0 atom stereocenters. The predicted molar refractivity (Wildman–Crippen MR) is 124 cm³/mol. The highest BCUT2D eigenvalue weighted by atomic mass is 127. The van der Waals surface area contributed by atoms with Gasteiger partial charge in [-0.05, 0) is 51.1 Å². The third-order valence-electron chi connectivity index (χ3n) is 4.54. The van der Waals surface area contributed by atoms with Gasteiger partial charge in [-0.1, -0.05) is 12.1 Å². The lowest BCUT2D eigenvalue weighted by molar-refractivity contribution is -0.143. The molecule has 1 saturated heterocycles. The molecule has 0 aliphatic carbocycles. The molecule has 0 bridgehead atoms. The maximum atomic E-state index is 12.3. The Balaban J connectivity index is 0.00000450. The van der Waals surface area contributed by atoms with Crippen LogP contribution in [0.3, 0.4) is 0 Å². The lowest BCUT2D eigenvalue weighted by Gasteiger charge is -2.19. The minimum atomic E-state index is -4.17. The molecule has 1 aromatic rings. The van der Waals surface area contributed by atoms with Crippen molar-refractivity contribution in [2.24, 2.45) is 4.99 Å². The molecule has 1 aromatic carbocycles. The number of nitrogens with zero attached hydrogens (tertiary/aromatic N) is 3. The average Bonchev–Trinajstić information content (AvgIpc) is 3.08. The van der Waals surface area contributed by atoms with Gasteiger partial charge >= 0.3 is 6.18 Å². The third kappa shape index (κ3) is 9.50. The fraction of sp³-hybridized carbons (Fsp3) is 0.600. The van der Waals surface area contributed by atoms with Crippen molar-refractivity contribution >= 4 is 41.5 Å². The minimum Gasteiger partial charge on any atom is -0.357 e. The van der Waals surface area contributed by atoms with Crippen molar-refractivity contribution in [3.05, 3.63) is 29.8 Å². The van der Waals surface area contributed by atoms with Crippen molar-refractivity contribution < 1.29 is 18.0 Å². The number of hydrogen-bond donors (Lipinski definition) is 2. The standard InChI is InChI=1S/C20H30F3N5O.HI/c1-3-24-19(25-11-5-12-27(2)15-20(21,22)23)26-14-16-7-9-17(10-8-16)28-13-4-6-18(28)29;/h7-10H,3-6,11-15H2,1-2H3,(H2,24,25,26);1H. The van der Waals surface area contributed by atoms with Crippen molar-refractivity contribution in [2.45, 2.75) is 38.9 Å². The molecule has 30 heavy (non-hydrogen) atoms. The Labute approximate surface area is 193 Å². The number of rotatable bonds is 9. The Morgan fingerprint density at radius 2 is 1.93 bits per heavy atom. The number of anilines is 1. The number of amides is 1. The molecule has 0 radical (unpaired) electrons. The lowest BCUT2D eigenvalue weighted by atomic mass is 10.2. The molecule has 1 fully saturated rings. The molecule has 6 nitrogen and oxygen atoms in total. The second-order valence-electron chi connectivity index (χ2n) is 7.14. The van der Waals surface area contributed by atoms with Crippen LogP contribution in [0.2, 0.25) is 0 Å². The summed E-state index contributed by atoms with van der Waals surface area (Å²) in [5, 5.41) is 6.28. The molecular weight excluding hydrogens is 510 g/mol. The van der Waals surface area contributed by atoms with E-state index in [1.807, 2.05) is 31.2 Å². The van der Waals surface area contributed by atoms with Gasteiger partial charge in [0.15, 0.2) is 5.96 Å². The minimum absolute atomic E-state index is 0. The lowest BCUT2D eigenvalue weighted by Crippen LogP contribution is -2.39. The number of nitrogens with one attached hydrogen (secondary N) is 2. The summed E-state index contributed by atoms with van der Waals surface area (Å²) in [5.74, 6) is 0.792. The Morgan fingerprint density at radius 1 is 1.23 bits per heavy atom. The largest absolute Gasteiger partial charge is 0.401 e. The summed E-state index contributed by atoms with van der Waals surface area (Å²) < 4.78 is 37.0. The van der Waals surface area contributed by atoms with E-state index in [0.29, 0.717) is 45.0 Å². The van der Waals surface area contributed by atoms with Crippen molar-refractivity contribution in [3.8, 4) is 0 Å². The zero-order valence-electron chi connectivity index (χ0n) is 17.5. The van der Waals surface area contributed by atoms with Crippen LogP contribution in [0.15, 0.2) is 29.3 Å². The average molecular weight is 541 g/mol. The zero-order chi connectivity index (χ0) is 21.3. The summed E-state index contributed by atoms with van der Waals surface area (Å²) >= 11 is 0. The van der Waals surface area contributed by atoms with E-state index in [-0.39, 0.29) is 29.9 Å². The molecule has 0 unspecified atom stereocenters. The number of carbonyl (C=O) groups excluding carboxylic acids is 1. The summed E-state index contributed by atoms with van der Waals surface area (Å²) in [6, 6.07) is 7.79.